The fourth-order valence-electron chi connectivity index (χ4n) is 0.856. The molecule has 0 unspecified atom stereocenters. The molecule has 1 saturated carbocycles. The summed E-state index contributed by atoms with van der Waals surface area (Å²) in [6.45, 7) is 11.7. The molecule has 0 N–H and O–H groups in total. The van der Waals surface area contributed by atoms with Crippen molar-refractivity contribution in [3.05, 3.63) is 38.5 Å². The molecular weight excluding hydrogens is 435 g/mol. The molecule has 1 rings (SSSR count). The van der Waals surface area contributed by atoms with Crippen molar-refractivity contribution in [2.75, 3.05) is 0 Å². The van der Waals surface area contributed by atoms with Gasteiger partial charge in [-0.3, -0.25) is 0 Å². The molecule has 0 bridgehead atoms. The predicted molar refractivity (Wildman–Crippen MR) is 88.8 cm³/mol. The van der Waals surface area contributed by atoms with Crippen LogP contribution in [-0.2, 0) is 21.1 Å². The summed E-state index contributed by atoms with van der Waals surface area (Å²) in [6, 6.07) is 0. The molecule has 0 spiro atoms. The summed E-state index contributed by atoms with van der Waals surface area (Å²) >= 11 is 0. The Morgan fingerprint density at radius 1 is 0.619 bits per heavy atom. The molecule has 0 saturated heterocycles. The molecule has 0 aromatic rings. The standard InChI is InChI=1S/C8H12.2C6H9.Pt/c1-2-4-6-8-7-5-3-1;2*1-5-6(2,3)4;/h1-2,7-8H,3-6H2;2*2-4H3;/q;2*-1;+2. The molecule has 1 aliphatic rings. The van der Waals surface area contributed by atoms with E-state index in [2.05, 4.69) is 37.5 Å². The Labute approximate surface area is 149 Å². The Hall–Kier alpha value is -0.192. The van der Waals surface area contributed by atoms with E-state index in [1.807, 2.05) is 41.5 Å². The molecule has 0 heterocycles. The normalized spacial score (nSPS) is 15.0. The molecule has 0 aromatic heterocycles. The van der Waals surface area contributed by atoms with Crippen molar-refractivity contribution in [3.8, 4) is 11.8 Å². The van der Waals surface area contributed by atoms with E-state index in [0.29, 0.717) is 0 Å². The zero-order valence-electron chi connectivity index (χ0n) is 14.5. The Kier molecular flexibility index (Phi) is 18.1. The second kappa shape index (κ2) is 14.7. The average Bonchev–Trinajstić information content (AvgIpc) is 2.28. The number of hydrogen-bond acceptors (Lipinski definition) is 0. The first-order chi connectivity index (χ1) is 9.12. The van der Waals surface area contributed by atoms with Gasteiger partial charge in [0, 0.05) is 0 Å². The third-order valence-corrected chi connectivity index (χ3v) is 2.08. The van der Waals surface area contributed by atoms with Gasteiger partial charge in [-0.1, -0.05) is 41.5 Å². The molecule has 4 radical (unpaired) electrons. The maximum Gasteiger partial charge on any atom is 2.00 e. The fraction of sp³-hybridized carbons (Fsp3) is 0.600. The van der Waals surface area contributed by atoms with E-state index in [9.17, 15) is 0 Å². The molecule has 0 aliphatic heterocycles. The maximum atomic E-state index is 6.60. The summed E-state index contributed by atoms with van der Waals surface area (Å²) in [7, 11) is 0. The maximum absolute atomic E-state index is 6.60. The first-order valence-electron chi connectivity index (χ1n) is 7.30. The average molecular weight is 466 g/mol. The summed E-state index contributed by atoms with van der Waals surface area (Å²) in [6.07, 6.45) is 27.2. The molecule has 1 heteroatoms. The van der Waals surface area contributed by atoms with E-state index in [1.54, 1.807) is 0 Å². The number of hydrogen-bond donors (Lipinski definition) is 0. The van der Waals surface area contributed by atoms with E-state index in [4.69, 9.17) is 12.8 Å². The third-order valence-electron chi connectivity index (χ3n) is 2.08. The van der Waals surface area contributed by atoms with Gasteiger partial charge in [-0.05, 0) is 62.2 Å². The summed E-state index contributed by atoms with van der Waals surface area (Å²) in [5, 5.41) is 0. The molecule has 120 valence electrons. The van der Waals surface area contributed by atoms with Gasteiger partial charge in [-0.2, -0.15) is 0 Å². The molecule has 0 amide bonds. The minimum Gasteiger partial charge on any atom is -0.693 e. The van der Waals surface area contributed by atoms with Crippen LogP contribution in [0.1, 0.15) is 67.2 Å². The van der Waals surface area contributed by atoms with Crippen LogP contribution in [0.25, 0.3) is 0 Å². The largest absolute Gasteiger partial charge is 2.00 e. The molecule has 1 fully saturated rings. The van der Waals surface area contributed by atoms with E-state index in [1.165, 1.54) is 25.7 Å². The van der Waals surface area contributed by atoms with Crippen molar-refractivity contribution in [1.82, 2.24) is 0 Å². The van der Waals surface area contributed by atoms with Crippen LogP contribution in [0.4, 0.5) is 0 Å². The van der Waals surface area contributed by atoms with Crippen LogP contribution >= 0.6 is 0 Å². The van der Waals surface area contributed by atoms with E-state index >= 15 is 0 Å². The van der Waals surface area contributed by atoms with Crippen LogP contribution in [0.3, 0.4) is 0 Å². The van der Waals surface area contributed by atoms with Crippen LogP contribution < -0.4 is 0 Å². The Morgan fingerprint density at radius 2 is 0.762 bits per heavy atom. The second-order valence-electron chi connectivity index (χ2n) is 6.85. The zero-order valence-corrected chi connectivity index (χ0v) is 16.7. The molecule has 1 aliphatic carbocycles. The molecule has 0 nitrogen and oxygen atoms in total. The van der Waals surface area contributed by atoms with E-state index in [0.717, 1.165) is 0 Å². The van der Waals surface area contributed by atoms with Gasteiger partial charge >= 0.3 is 21.1 Å². The first-order valence-corrected chi connectivity index (χ1v) is 7.30. The summed E-state index contributed by atoms with van der Waals surface area (Å²) in [5.74, 6) is 4.71. The predicted octanol–water partition coefficient (Wildman–Crippen LogP) is 5.62. The van der Waals surface area contributed by atoms with Gasteiger partial charge in [-0.15, -0.1) is 0 Å². The van der Waals surface area contributed by atoms with Crippen LogP contribution in [0, 0.1) is 61.2 Å². The topological polar surface area (TPSA) is 0 Å². The van der Waals surface area contributed by atoms with Crippen LogP contribution in [0.2, 0.25) is 0 Å². The minimum absolute atomic E-state index is 0. The Bertz CT molecular complexity index is 240. The monoisotopic (exact) mass is 465 g/mol. The van der Waals surface area contributed by atoms with Gasteiger partial charge in [-0.25, -0.2) is 0 Å². The molecule has 21 heavy (non-hydrogen) atoms. The van der Waals surface area contributed by atoms with Crippen molar-refractivity contribution < 1.29 is 21.1 Å². The van der Waals surface area contributed by atoms with Gasteiger partial charge in [0.1, 0.15) is 0 Å². The Balaban J connectivity index is -0.000000231. The van der Waals surface area contributed by atoms with Crippen molar-refractivity contribution in [2.24, 2.45) is 10.8 Å². The fourth-order valence-corrected chi connectivity index (χ4v) is 0.856. The number of rotatable bonds is 0. The van der Waals surface area contributed by atoms with Crippen molar-refractivity contribution in [3.63, 3.8) is 0 Å². The quantitative estimate of drug-likeness (QED) is 0.322. The third kappa shape index (κ3) is 32.9. The van der Waals surface area contributed by atoms with Gasteiger partial charge in [0.25, 0.3) is 0 Å². The Morgan fingerprint density at radius 3 is 0.857 bits per heavy atom. The summed E-state index contributed by atoms with van der Waals surface area (Å²) in [5.41, 5.74) is -0.0833. The molecular formula is C20H30Pt. The minimum atomic E-state index is -0.0417. The first kappa shape index (κ1) is 25.7. The summed E-state index contributed by atoms with van der Waals surface area (Å²) < 4.78 is 0. The van der Waals surface area contributed by atoms with Crippen molar-refractivity contribution in [2.45, 2.75) is 67.2 Å². The molecule has 0 atom stereocenters. The second-order valence-corrected chi connectivity index (χ2v) is 6.85. The van der Waals surface area contributed by atoms with Crippen LogP contribution in [0.15, 0.2) is 0 Å². The van der Waals surface area contributed by atoms with Gasteiger partial charge < -0.3 is 24.7 Å². The van der Waals surface area contributed by atoms with Crippen LogP contribution in [-0.4, -0.2) is 0 Å². The van der Waals surface area contributed by atoms with E-state index < -0.39 is 0 Å². The van der Waals surface area contributed by atoms with Crippen LogP contribution in [0.5, 0.6) is 0 Å². The van der Waals surface area contributed by atoms with E-state index in [-0.39, 0.29) is 31.9 Å². The zero-order chi connectivity index (χ0) is 16.1. The summed E-state index contributed by atoms with van der Waals surface area (Å²) in [4.78, 5) is 0. The van der Waals surface area contributed by atoms with Gasteiger partial charge in [0.05, 0.1) is 0 Å². The SMILES string of the molecule is [C-]#CC(C)(C)C.[C-]#CC(C)(C)C.[CH]1[CH]CC[CH][CH]CC1.[Pt+2]. The van der Waals surface area contributed by atoms with Crippen molar-refractivity contribution >= 4 is 0 Å². The van der Waals surface area contributed by atoms with Gasteiger partial charge in [0.15, 0.2) is 0 Å². The smallest absolute Gasteiger partial charge is 0.693 e. The van der Waals surface area contributed by atoms with Crippen molar-refractivity contribution in [1.29, 1.82) is 0 Å². The molecule has 0 aromatic carbocycles. The van der Waals surface area contributed by atoms with Gasteiger partial charge in [0.2, 0.25) is 0 Å².